The number of piperidine rings is 1. The van der Waals surface area contributed by atoms with Gasteiger partial charge in [-0.1, -0.05) is 41.8 Å². The van der Waals surface area contributed by atoms with E-state index in [1.54, 1.807) is 36.4 Å². The fraction of sp³-hybridized carbons (Fsp3) is 0.364. The Hall–Kier alpha value is -2.91. The highest BCUT2D eigenvalue weighted by Crippen LogP contribution is 2.25. The lowest BCUT2D eigenvalue weighted by molar-refractivity contribution is -0.132. The number of carbonyl (C=O) groups excluding carboxylic acids is 2. The van der Waals surface area contributed by atoms with Gasteiger partial charge in [0.25, 0.3) is 11.8 Å². The van der Waals surface area contributed by atoms with E-state index in [0.29, 0.717) is 18.6 Å². The van der Waals surface area contributed by atoms with E-state index in [-0.39, 0.29) is 18.0 Å². The van der Waals surface area contributed by atoms with E-state index in [1.165, 1.54) is 4.31 Å². The number of hydrazine groups is 1. The van der Waals surface area contributed by atoms with Gasteiger partial charge in [-0.25, -0.2) is 8.42 Å². The van der Waals surface area contributed by atoms with Gasteiger partial charge >= 0.3 is 0 Å². The molecule has 1 aliphatic rings. The molecule has 3 rings (SSSR count). The third-order valence-corrected chi connectivity index (χ3v) is 7.02. The smallest absolute Gasteiger partial charge is 0.276 e. The minimum absolute atomic E-state index is 0.147. The minimum atomic E-state index is -3.83. The summed E-state index contributed by atoms with van der Waals surface area (Å²) in [6.07, 6.45) is 1.78. The fourth-order valence-corrected chi connectivity index (χ4v) is 4.99. The zero-order chi connectivity index (χ0) is 22.4. The lowest BCUT2D eigenvalue weighted by atomic mass is 10.0. The SMILES string of the molecule is Cc1ccc(OCC(=O)NNC(=O)C2CCCCN2S(=O)(=O)c2ccc(C)cc2)cc1. The predicted molar refractivity (Wildman–Crippen MR) is 116 cm³/mol. The molecule has 9 heteroatoms. The standard InChI is InChI=1S/C22H27N3O5S/c1-16-6-10-18(11-7-16)30-15-21(26)23-24-22(27)20-5-3-4-14-25(20)31(28,29)19-12-8-17(2)9-13-19/h6-13,20H,3-5,14-15H2,1-2H3,(H,23,26)(H,24,27). The first-order valence-corrected chi connectivity index (χ1v) is 11.6. The quantitative estimate of drug-likeness (QED) is 0.663. The molecule has 0 aliphatic carbocycles. The van der Waals surface area contributed by atoms with Crippen molar-refractivity contribution in [3.05, 3.63) is 59.7 Å². The molecule has 166 valence electrons. The van der Waals surface area contributed by atoms with E-state index >= 15 is 0 Å². The first kappa shape index (κ1) is 22.8. The normalized spacial score (nSPS) is 17.0. The van der Waals surface area contributed by atoms with Crippen molar-refractivity contribution in [2.45, 2.75) is 44.0 Å². The monoisotopic (exact) mass is 445 g/mol. The highest BCUT2D eigenvalue weighted by atomic mass is 32.2. The van der Waals surface area contributed by atoms with E-state index in [1.807, 2.05) is 26.0 Å². The van der Waals surface area contributed by atoms with E-state index < -0.39 is 27.9 Å². The Kier molecular flexibility index (Phi) is 7.29. The van der Waals surface area contributed by atoms with Gasteiger partial charge in [0.1, 0.15) is 11.8 Å². The fourth-order valence-electron chi connectivity index (χ4n) is 3.33. The summed E-state index contributed by atoms with van der Waals surface area (Å²) in [5, 5.41) is 0. The van der Waals surface area contributed by atoms with Crippen molar-refractivity contribution in [3.8, 4) is 5.75 Å². The molecule has 2 N–H and O–H groups in total. The van der Waals surface area contributed by atoms with Crippen LogP contribution in [0.3, 0.4) is 0 Å². The number of hydrogen-bond acceptors (Lipinski definition) is 5. The lowest BCUT2D eigenvalue weighted by Gasteiger charge is -2.33. The van der Waals surface area contributed by atoms with Gasteiger partial charge in [-0.2, -0.15) is 4.31 Å². The van der Waals surface area contributed by atoms with Crippen molar-refractivity contribution in [3.63, 3.8) is 0 Å². The van der Waals surface area contributed by atoms with Gasteiger partial charge in [0.05, 0.1) is 4.90 Å². The Morgan fingerprint density at radius 3 is 2.23 bits per heavy atom. The van der Waals surface area contributed by atoms with Crippen molar-refractivity contribution < 1.29 is 22.7 Å². The molecule has 1 fully saturated rings. The summed E-state index contributed by atoms with van der Waals surface area (Å²) < 4.78 is 32.7. The maximum Gasteiger partial charge on any atom is 0.276 e. The molecule has 0 aromatic heterocycles. The summed E-state index contributed by atoms with van der Waals surface area (Å²) in [4.78, 5) is 24.9. The summed E-state index contributed by atoms with van der Waals surface area (Å²) >= 11 is 0. The third-order valence-electron chi connectivity index (χ3n) is 5.10. The van der Waals surface area contributed by atoms with Crippen LogP contribution < -0.4 is 15.6 Å². The molecule has 1 aliphatic heterocycles. The molecular formula is C22H27N3O5S. The number of carbonyl (C=O) groups is 2. The van der Waals surface area contributed by atoms with Crippen LogP contribution in [0.1, 0.15) is 30.4 Å². The number of hydrogen-bond donors (Lipinski definition) is 2. The van der Waals surface area contributed by atoms with E-state index in [0.717, 1.165) is 17.5 Å². The summed E-state index contributed by atoms with van der Waals surface area (Å²) in [5.41, 5.74) is 6.65. The Labute approximate surface area is 182 Å². The number of ether oxygens (including phenoxy) is 1. The van der Waals surface area contributed by atoms with Gasteiger partial charge in [-0.05, 0) is 51.0 Å². The van der Waals surface area contributed by atoms with Crippen LogP contribution in [0, 0.1) is 13.8 Å². The maximum absolute atomic E-state index is 13.1. The lowest BCUT2D eigenvalue weighted by Crippen LogP contribution is -2.55. The first-order valence-electron chi connectivity index (χ1n) is 10.1. The molecule has 8 nitrogen and oxygen atoms in total. The Bertz CT molecular complexity index is 1020. The third kappa shape index (κ3) is 5.83. The van der Waals surface area contributed by atoms with Crippen LogP contribution in [-0.4, -0.2) is 43.7 Å². The van der Waals surface area contributed by atoms with Crippen LogP contribution in [-0.2, 0) is 19.6 Å². The molecule has 0 saturated carbocycles. The van der Waals surface area contributed by atoms with Crippen LogP contribution >= 0.6 is 0 Å². The predicted octanol–water partition coefficient (Wildman–Crippen LogP) is 2.07. The maximum atomic E-state index is 13.1. The molecule has 31 heavy (non-hydrogen) atoms. The molecule has 1 heterocycles. The van der Waals surface area contributed by atoms with Crippen LogP contribution in [0.2, 0.25) is 0 Å². The summed E-state index contributed by atoms with van der Waals surface area (Å²) in [5.74, 6) is -0.577. The molecular weight excluding hydrogens is 418 g/mol. The number of rotatable bonds is 6. The van der Waals surface area contributed by atoms with Gasteiger partial charge in [-0.3, -0.25) is 20.4 Å². The Morgan fingerprint density at radius 2 is 1.58 bits per heavy atom. The second-order valence-electron chi connectivity index (χ2n) is 7.58. The zero-order valence-electron chi connectivity index (χ0n) is 17.6. The number of sulfonamides is 1. The van der Waals surface area contributed by atoms with Gasteiger partial charge in [0.2, 0.25) is 10.0 Å². The Balaban J connectivity index is 1.59. The van der Waals surface area contributed by atoms with Gasteiger partial charge in [0, 0.05) is 6.54 Å². The van der Waals surface area contributed by atoms with Crippen LogP contribution in [0.25, 0.3) is 0 Å². The number of amides is 2. The molecule has 2 amide bonds. The second kappa shape index (κ2) is 9.93. The van der Waals surface area contributed by atoms with Gasteiger partial charge in [0.15, 0.2) is 6.61 Å². The molecule has 1 atom stereocenters. The zero-order valence-corrected chi connectivity index (χ0v) is 18.4. The van der Waals surface area contributed by atoms with Crippen molar-refractivity contribution >= 4 is 21.8 Å². The number of benzene rings is 2. The molecule has 2 aromatic rings. The average molecular weight is 446 g/mol. The van der Waals surface area contributed by atoms with Crippen molar-refractivity contribution in [1.29, 1.82) is 0 Å². The first-order chi connectivity index (χ1) is 14.8. The summed E-state index contributed by atoms with van der Waals surface area (Å²) in [7, 11) is -3.83. The largest absolute Gasteiger partial charge is 0.484 e. The van der Waals surface area contributed by atoms with Gasteiger partial charge < -0.3 is 4.74 Å². The molecule has 1 saturated heterocycles. The topological polar surface area (TPSA) is 105 Å². The molecule has 1 unspecified atom stereocenters. The molecule has 0 bridgehead atoms. The van der Waals surface area contributed by atoms with Crippen LogP contribution in [0.15, 0.2) is 53.4 Å². The number of nitrogens with zero attached hydrogens (tertiary/aromatic N) is 1. The van der Waals surface area contributed by atoms with E-state index in [4.69, 9.17) is 4.74 Å². The molecule has 0 radical (unpaired) electrons. The highest BCUT2D eigenvalue weighted by Gasteiger charge is 2.37. The Morgan fingerprint density at radius 1 is 0.968 bits per heavy atom. The van der Waals surface area contributed by atoms with Crippen LogP contribution in [0.4, 0.5) is 0 Å². The van der Waals surface area contributed by atoms with Crippen molar-refractivity contribution in [2.24, 2.45) is 0 Å². The number of nitrogens with one attached hydrogen (secondary N) is 2. The van der Waals surface area contributed by atoms with Crippen molar-refractivity contribution in [2.75, 3.05) is 13.2 Å². The second-order valence-corrected chi connectivity index (χ2v) is 9.47. The minimum Gasteiger partial charge on any atom is -0.484 e. The van der Waals surface area contributed by atoms with Gasteiger partial charge in [-0.15, -0.1) is 0 Å². The molecule has 0 spiro atoms. The van der Waals surface area contributed by atoms with E-state index in [9.17, 15) is 18.0 Å². The van der Waals surface area contributed by atoms with E-state index in [2.05, 4.69) is 10.9 Å². The highest BCUT2D eigenvalue weighted by molar-refractivity contribution is 7.89. The van der Waals surface area contributed by atoms with Crippen molar-refractivity contribution in [1.82, 2.24) is 15.2 Å². The number of aryl methyl sites for hydroxylation is 2. The average Bonchev–Trinajstić information content (AvgIpc) is 2.77. The van der Waals surface area contributed by atoms with Crippen LogP contribution in [0.5, 0.6) is 5.75 Å². The summed E-state index contributed by atoms with van der Waals surface area (Å²) in [6, 6.07) is 12.9. The molecule has 2 aromatic carbocycles. The summed E-state index contributed by atoms with van der Waals surface area (Å²) in [6.45, 7) is 3.79.